The van der Waals surface area contributed by atoms with Gasteiger partial charge in [0, 0.05) is 11.6 Å². The fourth-order valence-electron chi connectivity index (χ4n) is 0.529. The Morgan fingerprint density at radius 1 is 1.67 bits per heavy atom. The van der Waals surface area contributed by atoms with Crippen molar-refractivity contribution in [3.8, 4) is 6.07 Å². The number of nitriles is 1. The zero-order valence-electron chi connectivity index (χ0n) is 6.70. The van der Waals surface area contributed by atoms with Crippen molar-refractivity contribution < 1.29 is 4.92 Å². The first-order valence-corrected chi connectivity index (χ1v) is 3.10. The lowest BCUT2D eigenvalue weighted by Crippen LogP contribution is -1.99. The molecule has 0 bridgehead atoms. The van der Waals surface area contributed by atoms with Crippen molar-refractivity contribution in [3.05, 3.63) is 46.2 Å². The summed E-state index contributed by atoms with van der Waals surface area (Å²) >= 11 is 0. The molecule has 0 radical (unpaired) electrons. The Morgan fingerprint density at radius 3 is 2.42 bits per heavy atom. The molecule has 0 N–H and O–H groups in total. The Kier molecular flexibility index (Phi) is 3.44. The van der Waals surface area contributed by atoms with E-state index in [1.54, 1.807) is 6.07 Å². The third kappa shape index (κ3) is 2.80. The fraction of sp³-hybridized carbons (Fsp3) is 0.125. The van der Waals surface area contributed by atoms with Crippen molar-refractivity contribution in [2.24, 2.45) is 0 Å². The molecule has 0 aromatic heterocycles. The minimum Gasteiger partial charge on any atom is -0.258 e. The molecule has 0 rings (SSSR count). The van der Waals surface area contributed by atoms with Crippen LogP contribution in [0.5, 0.6) is 0 Å². The van der Waals surface area contributed by atoms with E-state index < -0.39 is 4.92 Å². The molecule has 0 heterocycles. The Hall–Kier alpha value is -1.89. The molecule has 62 valence electrons. The smallest absolute Gasteiger partial charge is 0.258 e. The zero-order chi connectivity index (χ0) is 9.72. The molecule has 0 saturated carbocycles. The highest BCUT2D eigenvalue weighted by atomic mass is 16.6. The highest BCUT2D eigenvalue weighted by molar-refractivity contribution is 5.35. The van der Waals surface area contributed by atoms with Crippen LogP contribution in [0.3, 0.4) is 0 Å². The maximum atomic E-state index is 10.3. The predicted molar refractivity (Wildman–Crippen MR) is 44.6 cm³/mol. The summed E-state index contributed by atoms with van der Waals surface area (Å²) in [6.45, 7) is 8.20. The van der Waals surface area contributed by atoms with E-state index in [9.17, 15) is 10.1 Å². The van der Waals surface area contributed by atoms with Crippen molar-refractivity contribution in [1.29, 1.82) is 5.26 Å². The van der Waals surface area contributed by atoms with Crippen LogP contribution in [0.25, 0.3) is 0 Å². The third-order valence-corrected chi connectivity index (χ3v) is 1.09. The van der Waals surface area contributed by atoms with Gasteiger partial charge in [-0.25, -0.2) is 0 Å². The predicted octanol–water partition coefficient (Wildman–Crippen LogP) is 1.80. The monoisotopic (exact) mass is 164 g/mol. The van der Waals surface area contributed by atoms with Crippen LogP contribution in [0, 0.1) is 21.4 Å². The van der Waals surface area contributed by atoms with Gasteiger partial charge in [0.15, 0.2) is 0 Å². The van der Waals surface area contributed by atoms with Crippen LogP contribution in [0.1, 0.15) is 6.92 Å². The van der Waals surface area contributed by atoms with Crippen LogP contribution < -0.4 is 0 Å². The number of hydrogen-bond donors (Lipinski definition) is 0. The Labute approximate surface area is 70.3 Å². The molecule has 4 nitrogen and oxygen atoms in total. The summed E-state index contributed by atoms with van der Waals surface area (Å²) < 4.78 is 0. The summed E-state index contributed by atoms with van der Waals surface area (Å²) in [5.41, 5.74) is 0.169. The molecule has 4 heteroatoms. The number of nitro groups is 1. The molecule has 0 atom stereocenters. The first kappa shape index (κ1) is 10.1. The van der Waals surface area contributed by atoms with Gasteiger partial charge < -0.3 is 0 Å². The van der Waals surface area contributed by atoms with Gasteiger partial charge in [0.2, 0.25) is 0 Å². The third-order valence-electron chi connectivity index (χ3n) is 1.09. The van der Waals surface area contributed by atoms with Crippen LogP contribution in [0.15, 0.2) is 36.1 Å². The molecule has 0 unspecified atom stereocenters. The number of rotatable bonds is 3. The number of hydrogen-bond acceptors (Lipinski definition) is 3. The van der Waals surface area contributed by atoms with Crippen LogP contribution in [-0.2, 0) is 0 Å². The minimum atomic E-state index is -0.592. The molecule has 0 aliphatic carbocycles. The number of allylic oxidation sites excluding steroid dienone is 3. The van der Waals surface area contributed by atoms with Gasteiger partial charge in [0.05, 0.1) is 16.6 Å². The maximum Gasteiger partial charge on any atom is 0.273 e. The van der Waals surface area contributed by atoms with E-state index in [2.05, 4.69) is 13.2 Å². The van der Waals surface area contributed by atoms with Gasteiger partial charge in [0.1, 0.15) is 0 Å². The molecule has 0 saturated heterocycles. The lowest BCUT2D eigenvalue weighted by molar-refractivity contribution is -0.420. The summed E-state index contributed by atoms with van der Waals surface area (Å²) in [6.07, 6.45) is 1.10. The lowest BCUT2D eigenvalue weighted by atomic mass is 10.2. The van der Waals surface area contributed by atoms with E-state index in [-0.39, 0.29) is 11.3 Å². The second-order valence-corrected chi connectivity index (χ2v) is 2.20. The van der Waals surface area contributed by atoms with Gasteiger partial charge in [0.25, 0.3) is 5.70 Å². The molecular formula is C8H8N2O2. The average molecular weight is 164 g/mol. The molecule has 0 aliphatic heterocycles. The van der Waals surface area contributed by atoms with Crippen LogP contribution in [0.4, 0.5) is 0 Å². The average Bonchev–Trinajstić information content (AvgIpc) is 1.98. The molecule has 0 fully saturated rings. The molecule has 0 aliphatic rings. The van der Waals surface area contributed by atoms with E-state index in [1.165, 1.54) is 6.92 Å². The maximum absolute atomic E-state index is 10.3. The van der Waals surface area contributed by atoms with Gasteiger partial charge in [-0.2, -0.15) is 5.26 Å². The molecule has 0 aromatic carbocycles. The first-order chi connectivity index (χ1) is 5.49. The Balaban J connectivity index is 4.90. The first-order valence-electron chi connectivity index (χ1n) is 3.10. The summed E-state index contributed by atoms with van der Waals surface area (Å²) in [4.78, 5) is 9.73. The number of nitrogens with zero attached hydrogens (tertiary/aromatic N) is 2. The molecule has 0 amide bonds. The summed E-state index contributed by atoms with van der Waals surface area (Å²) in [7, 11) is 0. The highest BCUT2D eigenvalue weighted by Crippen LogP contribution is 2.09. The molecule has 12 heavy (non-hydrogen) atoms. The largest absolute Gasteiger partial charge is 0.273 e. The summed E-state index contributed by atoms with van der Waals surface area (Å²) in [6, 6.07) is 1.69. The fourth-order valence-corrected chi connectivity index (χ4v) is 0.529. The van der Waals surface area contributed by atoms with Crippen LogP contribution >= 0.6 is 0 Å². The topological polar surface area (TPSA) is 66.9 Å². The molecule has 0 spiro atoms. The van der Waals surface area contributed by atoms with Crippen molar-refractivity contribution >= 4 is 0 Å². The van der Waals surface area contributed by atoms with Crippen molar-refractivity contribution in [1.82, 2.24) is 0 Å². The van der Waals surface area contributed by atoms with Gasteiger partial charge in [-0.1, -0.05) is 13.2 Å². The second-order valence-electron chi connectivity index (χ2n) is 2.20. The standard InChI is InChI=1S/C8H8N2O2/c1-6(2)8(10(11)12)4-7(3)5-9/h4H,1,3H2,2H3/b8-4+. The molecule has 0 aromatic rings. The van der Waals surface area contributed by atoms with E-state index >= 15 is 0 Å². The second kappa shape index (κ2) is 4.09. The summed E-state index contributed by atoms with van der Waals surface area (Å²) in [5, 5.41) is 18.6. The quantitative estimate of drug-likeness (QED) is 0.276. The normalized spacial score (nSPS) is 10.2. The summed E-state index contributed by atoms with van der Waals surface area (Å²) in [5.74, 6) is 0. The van der Waals surface area contributed by atoms with E-state index in [0.717, 1.165) is 6.08 Å². The van der Waals surface area contributed by atoms with E-state index in [1.807, 2.05) is 0 Å². The van der Waals surface area contributed by atoms with E-state index in [4.69, 9.17) is 5.26 Å². The minimum absolute atomic E-state index is 0.0460. The van der Waals surface area contributed by atoms with Crippen molar-refractivity contribution in [2.45, 2.75) is 6.92 Å². The van der Waals surface area contributed by atoms with Gasteiger partial charge >= 0.3 is 0 Å². The van der Waals surface area contributed by atoms with Gasteiger partial charge in [-0.15, -0.1) is 0 Å². The van der Waals surface area contributed by atoms with Crippen molar-refractivity contribution in [2.75, 3.05) is 0 Å². The Bertz CT molecular complexity index is 292. The van der Waals surface area contributed by atoms with Gasteiger partial charge in [-0.3, -0.25) is 10.1 Å². The lowest BCUT2D eigenvalue weighted by Gasteiger charge is -1.94. The van der Waals surface area contributed by atoms with E-state index in [0.29, 0.717) is 5.57 Å². The van der Waals surface area contributed by atoms with Crippen molar-refractivity contribution in [3.63, 3.8) is 0 Å². The van der Waals surface area contributed by atoms with Crippen LogP contribution in [0.2, 0.25) is 0 Å². The zero-order valence-corrected chi connectivity index (χ0v) is 6.70. The highest BCUT2D eigenvalue weighted by Gasteiger charge is 2.10. The SMILES string of the molecule is C=C(C#N)/C=C(\C(=C)C)[N+](=O)[O-]. The Morgan fingerprint density at radius 2 is 2.17 bits per heavy atom. The van der Waals surface area contributed by atoms with Gasteiger partial charge in [-0.05, 0) is 6.92 Å². The van der Waals surface area contributed by atoms with Crippen LogP contribution in [-0.4, -0.2) is 4.92 Å². The molecular weight excluding hydrogens is 156 g/mol.